The lowest BCUT2D eigenvalue weighted by Gasteiger charge is -2.12. The van der Waals surface area contributed by atoms with Crippen LogP contribution in [0.5, 0.6) is 0 Å². The third kappa shape index (κ3) is 6.75. The van der Waals surface area contributed by atoms with Gasteiger partial charge in [-0.15, -0.1) is 4.31 Å². The minimum Gasteiger partial charge on any atom is -0.418 e. The molecule has 104 valence electrons. The maximum Gasteiger partial charge on any atom is 0.673 e. The van der Waals surface area contributed by atoms with Gasteiger partial charge in [0.1, 0.15) is 6.26 Å². The third-order valence-electron chi connectivity index (χ3n) is 2.16. The summed E-state index contributed by atoms with van der Waals surface area (Å²) in [6.45, 7) is 2.02. The Bertz CT molecular complexity index is 413. The van der Waals surface area contributed by atoms with E-state index in [2.05, 4.69) is 0 Å². The lowest BCUT2D eigenvalue weighted by Crippen LogP contribution is -2.27. The first-order valence-electron chi connectivity index (χ1n) is 5.05. The Kier molecular flexibility index (Phi) is 6.02. The molecule has 0 fully saturated rings. The van der Waals surface area contributed by atoms with Gasteiger partial charge in [0.05, 0.1) is 0 Å². The number of aryl methyl sites for hydroxylation is 1. The molecule has 1 rings (SSSR count). The van der Waals surface area contributed by atoms with Crippen molar-refractivity contribution in [1.29, 1.82) is 0 Å². The van der Waals surface area contributed by atoms with Crippen LogP contribution >= 0.6 is 0 Å². The molecule has 1 aromatic carbocycles. The molecule has 18 heavy (non-hydrogen) atoms. The fourth-order valence-electron chi connectivity index (χ4n) is 1.00. The van der Waals surface area contributed by atoms with Gasteiger partial charge in [-0.05, 0) is 19.1 Å². The van der Waals surface area contributed by atoms with Gasteiger partial charge >= 0.3 is 7.25 Å². The normalized spacial score (nSPS) is 14.7. The van der Waals surface area contributed by atoms with E-state index in [1.165, 1.54) is 5.56 Å². The lowest BCUT2D eigenvalue weighted by molar-refractivity contribution is 0.368. The largest absolute Gasteiger partial charge is 0.673 e. The van der Waals surface area contributed by atoms with Crippen molar-refractivity contribution in [3.63, 3.8) is 0 Å². The van der Waals surface area contributed by atoms with Crippen molar-refractivity contribution in [3.8, 4) is 0 Å². The molecule has 0 saturated carbocycles. The molecule has 2 nitrogen and oxygen atoms in total. The van der Waals surface area contributed by atoms with Crippen LogP contribution in [0.15, 0.2) is 29.2 Å². The van der Waals surface area contributed by atoms with Crippen LogP contribution in [0.2, 0.25) is 0 Å². The molecule has 0 heterocycles. The van der Waals surface area contributed by atoms with E-state index < -0.39 is 17.4 Å². The summed E-state index contributed by atoms with van der Waals surface area (Å²) in [6, 6.07) is 7.83. The van der Waals surface area contributed by atoms with Gasteiger partial charge in [-0.3, -0.25) is 0 Å². The molecule has 1 atom stereocenters. The second kappa shape index (κ2) is 6.33. The molecule has 0 radical (unpaired) electrons. The molecule has 0 aromatic heterocycles. The monoisotopic (exact) mass is 285 g/mol. The minimum absolute atomic E-state index is 0.892. The Labute approximate surface area is 106 Å². The fourth-order valence-corrected chi connectivity index (χ4v) is 2.06. The van der Waals surface area contributed by atoms with Gasteiger partial charge in [0.25, 0.3) is 0 Å². The highest BCUT2D eigenvalue weighted by molar-refractivity contribution is 8.00. The van der Waals surface area contributed by atoms with Crippen LogP contribution in [0.3, 0.4) is 0 Å². The van der Waals surface area contributed by atoms with Crippen molar-refractivity contribution in [2.45, 2.75) is 11.8 Å². The quantitative estimate of drug-likeness (QED) is 0.464. The highest BCUT2D eigenvalue weighted by atomic mass is 32.3. The van der Waals surface area contributed by atoms with Crippen LogP contribution in [0.1, 0.15) is 5.56 Å². The summed E-state index contributed by atoms with van der Waals surface area (Å²) in [4.78, 5) is 0.892. The Hall–Kier alpha value is -0.885. The summed E-state index contributed by atoms with van der Waals surface area (Å²) in [5, 5.41) is 0. The highest BCUT2D eigenvalue weighted by Crippen LogP contribution is 2.18. The molecular formula is C10H16BF4NOS. The highest BCUT2D eigenvalue weighted by Gasteiger charge is 2.27. The second-order valence-corrected chi connectivity index (χ2v) is 6.73. The van der Waals surface area contributed by atoms with E-state index in [4.69, 9.17) is 0 Å². The average molecular weight is 285 g/mol. The molecular weight excluding hydrogens is 269 g/mol. The van der Waals surface area contributed by atoms with Gasteiger partial charge < -0.3 is 17.3 Å². The van der Waals surface area contributed by atoms with Crippen molar-refractivity contribution in [3.05, 3.63) is 29.8 Å². The van der Waals surface area contributed by atoms with Crippen LogP contribution in [-0.2, 0) is 14.3 Å². The number of benzene rings is 1. The number of halogens is 4. The Morgan fingerprint density at radius 1 is 1.06 bits per heavy atom. The number of hydrogen-bond acceptors (Lipinski definition) is 1. The number of nitrogens with zero attached hydrogens (tertiary/aromatic N) is 1. The standard InChI is InChI=1S/C10H16NOS.BF4/c1-9-5-7-10(8-6-9)13(4,12)11(2)3;2-1(3,4)5/h5-8H,1-4H3;/q+1;-1. The van der Waals surface area contributed by atoms with E-state index >= 15 is 0 Å². The molecule has 0 aliphatic heterocycles. The first-order chi connectivity index (χ1) is 7.94. The number of hydrogen-bond donors (Lipinski definition) is 0. The van der Waals surface area contributed by atoms with Gasteiger partial charge in [0.2, 0.25) is 0 Å². The summed E-state index contributed by atoms with van der Waals surface area (Å²) < 4.78 is 52.9. The van der Waals surface area contributed by atoms with Crippen molar-refractivity contribution in [2.24, 2.45) is 0 Å². The number of rotatable bonds is 2. The maximum atomic E-state index is 12.1. The smallest absolute Gasteiger partial charge is 0.418 e. The van der Waals surface area contributed by atoms with Crippen LogP contribution < -0.4 is 0 Å². The van der Waals surface area contributed by atoms with Crippen molar-refractivity contribution < 1.29 is 21.5 Å². The van der Waals surface area contributed by atoms with E-state index in [0.29, 0.717) is 0 Å². The zero-order valence-corrected chi connectivity index (χ0v) is 11.5. The Morgan fingerprint density at radius 3 is 1.67 bits per heavy atom. The molecule has 0 aliphatic rings. The summed E-state index contributed by atoms with van der Waals surface area (Å²) >= 11 is 0. The molecule has 0 bridgehead atoms. The predicted octanol–water partition coefficient (Wildman–Crippen LogP) is 3.26. The van der Waals surface area contributed by atoms with E-state index in [0.717, 1.165) is 4.90 Å². The van der Waals surface area contributed by atoms with E-state index in [1.807, 2.05) is 45.3 Å². The first-order valence-corrected chi connectivity index (χ1v) is 6.97. The molecule has 0 amide bonds. The molecule has 0 spiro atoms. The molecule has 1 unspecified atom stereocenters. The topological polar surface area (TPSA) is 20.3 Å². The molecule has 0 N–H and O–H groups in total. The van der Waals surface area contributed by atoms with E-state index in [1.54, 1.807) is 10.6 Å². The molecule has 0 aliphatic carbocycles. The summed E-state index contributed by atoms with van der Waals surface area (Å²) in [7, 11) is -4.34. The summed E-state index contributed by atoms with van der Waals surface area (Å²) in [6.07, 6.45) is 1.76. The Balaban J connectivity index is 0.000000494. The van der Waals surface area contributed by atoms with Gasteiger partial charge in [0, 0.05) is 14.1 Å². The van der Waals surface area contributed by atoms with Crippen LogP contribution in [0.4, 0.5) is 17.3 Å². The third-order valence-corrected chi connectivity index (χ3v) is 4.70. The van der Waals surface area contributed by atoms with Gasteiger partial charge in [-0.2, -0.15) is 0 Å². The maximum absolute atomic E-state index is 12.1. The van der Waals surface area contributed by atoms with Crippen molar-refractivity contribution in [2.75, 3.05) is 20.4 Å². The molecule has 8 heteroatoms. The fraction of sp³-hybridized carbons (Fsp3) is 0.400. The summed E-state index contributed by atoms with van der Waals surface area (Å²) in [5.74, 6) is 0. The first kappa shape index (κ1) is 17.1. The minimum atomic E-state index is -6.00. The van der Waals surface area contributed by atoms with Crippen LogP contribution in [-0.4, -0.2) is 31.9 Å². The zero-order valence-electron chi connectivity index (χ0n) is 10.7. The van der Waals surface area contributed by atoms with Crippen LogP contribution in [0.25, 0.3) is 0 Å². The van der Waals surface area contributed by atoms with Crippen molar-refractivity contribution in [1.82, 2.24) is 4.31 Å². The lowest BCUT2D eigenvalue weighted by atomic mass is 10.2. The second-order valence-electron chi connectivity index (χ2n) is 3.92. The van der Waals surface area contributed by atoms with E-state index in [-0.39, 0.29) is 0 Å². The predicted molar refractivity (Wildman–Crippen MR) is 67.3 cm³/mol. The van der Waals surface area contributed by atoms with Gasteiger partial charge in [0.15, 0.2) is 15.0 Å². The van der Waals surface area contributed by atoms with E-state index in [9.17, 15) is 21.5 Å². The summed E-state index contributed by atoms with van der Waals surface area (Å²) in [5.41, 5.74) is 1.19. The van der Waals surface area contributed by atoms with Gasteiger partial charge in [-0.1, -0.05) is 21.9 Å². The van der Waals surface area contributed by atoms with Crippen molar-refractivity contribution >= 4 is 17.4 Å². The zero-order chi connectivity index (χ0) is 14.6. The van der Waals surface area contributed by atoms with Crippen LogP contribution in [0, 0.1) is 6.92 Å². The van der Waals surface area contributed by atoms with Gasteiger partial charge in [-0.25, -0.2) is 0 Å². The average Bonchev–Trinajstić information content (AvgIpc) is 2.15. The molecule has 0 saturated heterocycles. The Morgan fingerprint density at radius 2 is 1.39 bits per heavy atom. The molecule has 1 aromatic rings. The SMILES string of the molecule is Cc1ccc([S+](C)(=O)N(C)C)cc1.F[B-](F)(F)F.